The Balaban J connectivity index is 1.27. The molecule has 0 fully saturated rings. The molecule has 42 heavy (non-hydrogen) atoms. The fraction of sp³-hybridized carbons (Fsp3) is 0.0244. The van der Waals surface area contributed by atoms with Crippen molar-refractivity contribution in [3.05, 3.63) is 192 Å². The maximum Gasteiger partial charge on any atom is 0.0719 e. The van der Waals surface area contributed by atoms with E-state index in [1.807, 2.05) is 0 Å². The lowest BCUT2D eigenvalue weighted by Crippen LogP contribution is -2.29. The zero-order valence-corrected chi connectivity index (χ0v) is 23.2. The summed E-state index contributed by atoms with van der Waals surface area (Å²) in [5.41, 5.74) is 12.0. The Hall–Kier alpha value is -5.40. The zero-order valence-electron chi connectivity index (χ0n) is 23.2. The average Bonchev–Trinajstić information content (AvgIpc) is 3.37. The number of hydrogen-bond acceptors (Lipinski definition) is 1. The number of rotatable bonds is 5. The van der Waals surface area contributed by atoms with Gasteiger partial charge in [-0.15, -0.1) is 0 Å². The Labute approximate surface area is 246 Å². The number of anilines is 2. The van der Waals surface area contributed by atoms with Gasteiger partial charge in [0.2, 0.25) is 0 Å². The molecule has 0 amide bonds. The Kier molecular flexibility index (Phi) is 5.75. The van der Waals surface area contributed by atoms with Crippen molar-refractivity contribution in [2.45, 2.75) is 5.41 Å². The molecule has 1 aliphatic carbocycles. The molecule has 0 atom stereocenters. The van der Waals surface area contributed by atoms with Crippen LogP contribution in [0.1, 0.15) is 22.3 Å². The quantitative estimate of drug-likeness (QED) is 0.231. The van der Waals surface area contributed by atoms with Gasteiger partial charge in [0, 0.05) is 11.4 Å². The first-order valence-electron chi connectivity index (χ1n) is 14.5. The van der Waals surface area contributed by atoms with Gasteiger partial charge >= 0.3 is 0 Å². The van der Waals surface area contributed by atoms with E-state index in [1.165, 1.54) is 55.3 Å². The summed E-state index contributed by atoms with van der Waals surface area (Å²) in [5, 5.41) is 6.08. The molecular weight excluding hydrogens is 506 g/mol. The standard InChI is InChI=1S/C41H29N/c1-2-14-32(15-3-1)41(39-20-10-7-17-36(39)37-18-8-11-21-40(37)41)38-19-9-6-16-35(38)30-23-25-33(26-24-30)42-34-27-22-29-12-4-5-13-31(29)28-34/h1-28,42H. The minimum absolute atomic E-state index is 0.424. The number of benzene rings is 7. The van der Waals surface area contributed by atoms with Gasteiger partial charge in [0.1, 0.15) is 0 Å². The lowest BCUT2D eigenvalue weighted by molar-refractivity contribution is 0.770. The predicted molar refractivity (Wildman–Crippen MR) is 176 cm³/mol. The molecule has 7 aromatic carbocycles. The van der Waals surface area contributed by atoms with Crippen LogP contribution in [0.25, 0.3) is 33.0 Å². The average molecular weight is 536 g/mol. The summed E-state index contributed by atoms with van der Waals surface area (Å²) >= 11 is 0. The molecule has 0 saturated carbocycles. The van der Waals surface area contributed by atoms with Gasteiger partial charge in [-0.25, -0.2) is 0 Å². The van der Waals surface area contributed by atoms with Crippen LogP contribution < -0.4 is 5.32 Å². The molecular formula is C41H29N. The smallest absolute Gasteiger partial charge is 0.0719 e. The normalized spacial score (nSPS) is 13.0. The van der Waals surface area contributed by atoms with Crippen molar-refractivity contribution in [1.29, 1.82) is 0 Å². The second-order valence-electron chi connectivity index (χ2n) is 11.0. The highest BCUT2D eigenvalue weighted by atomic mass is 14.9. The molecule has 1 N–H and O–H groups in total. The third-order valence-corrected chi connectivity index (χ3v) is 8.72. The topological polar surface area (TPSA) is 12.0 Å². The Morgan fingerprint density at radius 2 is 0.857 bits per heavy atom. The first-order chi connectivity index (χ1) is 20.8. The lowest BCUT2D eigenvalue weighted by Gasteiger charge is -2.35. The minimum atomic E-state index is -0.424. The molecule has 0 bridgehead atoms. The van der Waals surface area contributed by atoms with E-state index in [9.17, 15) is 0 Å². The summed E-state index contributed by atoms with van der Waals surface area (Å²) in [7, 11) is 0. The van der Waals surface area contributed by atoms with Crippen LogP contribution in [0.15, 0.2) is 170 Å². The lowest BCUT2D eigenvalue weighted by atomic mass is 9.66. The van der Waals surface area contributed by atoms with E-state index in [-0.39, 0.29) is 0 Å². The van der Waals surface area contributed by atoms with Crippen molar-refractivity contribution >= 4 is 22.1 Å². The van der Waals surface area contributed by atoms with Crippen molar-refractivity contribution in [3.63, 3.8) is 0 Å². The fourth-order valence-corrected chi connectivity index (χ4v) is 6.91. The third kappa shape index (κ3) is 3.78. The highest BCUT2D eigenvalue weighted by Gasteiger charge is 2.46. The molecule has 0 saturated heterocycles. The molecule has 0 heterocycles. The van der Waals surface area contributed by atoms with Crippen molar-refractivity contribution in [1.82, 2.24) is 0 Å². The van der Waals surface area contributed by atoms with Gasteiger partial charge in [-0.3, -0.25) is 0 Å². The van der Waals surface area contributed by atoms with Crippen LogP contribution in [-0.2, 0) is 5.41 Å². The molecule has 0 aliphatic heterocycles. The van der Waals surface area contributed by atoms with Gasteiger partial charge in [-0.1, -0.05) is 146 Å². The Morgan fingerprint density at radius 1 is 0.357 bits per heavy atom. The number of fused-ring (bicyclic) bond motifs is 4. The molecule has 1 heteroatoms. The molecule has 1 nitrogen and oxygen atoms in total. The molecule has 1 aliphatic rings. The van der Waals surface area contributed by atoms with Gasteiger partial charge < -0.3 is 5.32 Å². The van der Waals surface area contributed by atoms with Crippen molar-refractivity contribution in [3.8, 4) is 22.3 Å². The molecule has 0 spiro atoms. The van der Waals surface area contributed by atoms with Crippen molar-refractivity contribution in [2.75, 3.05) is 5.32 Å². The van der Waals surface area contributed by atoms with Gasteiger partial charge in [-0.2, -0.15) is 0 Å². The van der Waals surface area contributed by atoms with Crippen LogP contribution in [-0.4, -0.2) is 0 Å². The van der Waals surface area contributed by atoms with Gasteiger partial charge in [0.25, 0.3) is 0 Å². The molecule has 0 unspecified atom stereocenters. The van der Waals surface area contributed by atoms with Crippen LogP contribution in [0.5, 0.6) is 0 Å². The predicted octanol–water partition coefficient (Wildman–Crippen LogP) is 10.6. The summed E-state index contributed by atoms with van der Waals surface area (Å²) < 4.78 is 0. The van der Waals surface area contributed by atoms with Gasteiger partial charge in [-0.05, 0) is 79.5 Å². The summed E-state index contributed by atoms with van der Waals surface area (Å²) in [6.07, 6.45) is 0. The van der Waals surface area contributed by atoms with E-state index in [0.29, 0.717) is 0 Å². The maximum atomic E-state index is 3.60. The summed E-state index contributed by atoms with van der Waals surface area (Å²) in [6, 6.07) is 61.6. The van der Waals surface area contributed by atoms with E-state index >= 15 is 0 Å². The second-order valence-corrected chi connectivity index (χ2v) is 11.0. The van der Waals surface area contributed by atoms with Gasteiger partial charge in [0.15, 0.2) is 0 Å². The summed E-state index contributed by atoms with van der Waals surface area (Å²) in [6.45, 7) is 0. The minimum Gasteiger partial charge on any atom is -0.356 e. The third-order valence-electron chi connectivity index (χ3n) is 8.72. The monoisotopic (exact) mass is 535 g/mol. The van der Waals surface area contributed by atoms with Crippen LogP contribution in [0, 0.1) is 0 Å². The SMILES string of the molecule is c1ccc(C2(c3ccccc3-c3ccc(Nc4ccc5ccccc5c4)cc3)c3ccccc3-c3ccccc32)cc1. The van der Waals surface area contributed by atoms with Crippen molar-refractivity contribution in [2.24, 2.45) is 0 Å². The zero-order chi connectivity index (χ0) is 27.9. The second kappa shape index (κ2) is 9.90. The van der Waals surface area contributed by atoms with E-state index in [2.05, 4.69) is 175 Å². The maximum absolute atomic E-state index is 3.60. The van der Waals surface area contributed by atoms with E-state index in [0.717, 1.165) is 11.4 Å². The van der Waals surface area contributed by atoms with E-state index < -0.39 is 5.41 Å². The number of nitrogens with one attached hydrogen (secondary N) is 1. The molecule has 0 aromatic heterocycles. The Morgan fingerprint density at radius 3 is 1.52 bits per heavy atom. The fourth-order valence-electron chi connectivity index (χ4n) is 6.91. The van der Waals surface area contributed by atoms with E-state index in [1.54, 1.807) is 0 Å². The van der Waals surface area contributed by atoms with Crippen LogP contribution in [0.3, 0.4) is 0 Å². The molecule has 7 aromatic rings. The van der Waals surface area contributed by atoms with Crippen LogP contribution >= 0.6 is 0 Å². The Bertz CT molecular complexity index is 2010. The van der Waals surface area contributed by atoms with Crippen molar-refractivity contribution < 1.29 is 0 Å². The first kappa shape index (κ1) is 24.4. The largest absolute Gasteiger partial charge is 0.356 e. The van der Waals surface area contributed by atoms with E-state index in [4.69, 9.17) is 0 Å². The molecule has 198 valence electrons. The van der Waals surface area contributed by atoms with Crippen LogP contribution in [0.4, 0.5) is 11.4 Å². The first-order valence-corrected chi connectivity index (χ1v) is 14.5. The highest BCUT2D eigenvalue weighted by molar-refractivity contribution is 5.89. The highest BCUT2D eigenvalue weighted by Crippen LogP contribution is 2.57. The number of hydrogen-bond donors (Lipinski definition) is 1. The van der Waals surface area contributed by atoms with Gasteiger partial charge in [0.05, 0.1) is 5.41 Å². The summed E-state index contributed by atoms with van der Waals surface area (Å²) in [5.74, 6) is 0. The molecule has 8 rings (SSSR count). The molecule has 0 radical (unpaired) electrons. The van der Waals surface area contributed by atoms with Crippen LogP contribution in [0.2, 0.25) is 0 Å². The summed E-state index contributed by atoms with van der Waals surface area (Å²) in [4.78, 5) is 0.